The number of rotatable bonds is 6. The molecular formula is C23H29N3O3S. The van der Waals surface area contributed by atoms with Gasteiger partial charge in [0.2, 0.25) is 0 Å². The molecular weight excluding hydrogens is 398 g/mol. The molecule has 2 fully saturated rings. The van der Waals surface area contributed by atoms with E-state index in [4.69, 9.17) is 0 Å². The molecule has 30 heavy (non-hydrogen) atoms. The quantitative estimate of drug-likeness (QED) is 0.740. The number of benzene rings is 2. The van der Waals surface area contributed by atoms with Gasteiger partial charge in [0.1, 0.15) is 0 Å². The highest BCUT2D eigenvalue weighted by Crippen LogP contribution is 2.29. The SMILES string of the molecule is Cc1ccc(C)c(S(=O)(=O)Nc2ccc(C(=O)NC3CCN(C4CC4)CC3)cc2)c1. The van der Waals surface area contributed by atoms with Crippen LogP contribution in [-0.4, -0.2) is 44.4 Å². The lowest BCUT2D eigenvalue weighted by Gasteiger charge is -2.32. The van der Waals surface area contributed by atoms with E-state index >= 15 is 0 Å². The van der Waals surface area contributed by atoms with E-state index in [0.717, 1.165) is 37.5 Å². The van der Waals surface area contributed by atoms with Crippen LogP contribution in [0.1, 0.15) is 47.2 Å². The smallest absolute Gasteiger partial charge is 0.262 e. The maximum Gasteiger partial charge on any atom is 0.262 e. The molecule has 0 atom stereocenters. The molecule has 1 aliphatic heterocycles. The van der Waals surface area contributed by atoms with Crippen molar-refractivity contribution >= 4 is 21.6 Å². The van der Waals surface area contributed by atoms with Crippen molar-refractivity contribution in [2.24, 2.45) is 0 Å². The predicted molar refractivity (Wildman–Crippen MR) is 118 cm³/mol. The lowest BCUT2D eigenvalue weighted by molar-refractivity contribution is 0.0909. The van der Waals surface area contributed by atoms with Crippen molar-refractivity contribution in [3.63, 3.8) is 0 Å². The van der Waals surface area contributed by atoms with E-state index in [-0.39, 0.29) is 16.8 Å². The molecule has 6 nitrogen and oxygen atoms in total. The maximum absolute atomic E-state index is 12.7. The minimum absolute atomic E-state index is 0.108. The van der Waals surface area contributed by atoms with Gasteiger partial charge in [-0.1, -0.05) is 12.1 Å². The molecule has 0 unspecified atom stereocenters. The van der Waals surface area contributed by atoms with E-state index in [1.807, 2.05) is 13.0 Å². The average Bonchev–Trinajstić information content (AvgIpc) is 3.56. The van der Waals surface area contributed by atoms with E-state index in [2.05, 4.69) is 14.9 Å². The number of likely N-dealkylation sites (tertiary alicyclic amines) is 1. The summed E-state index contributed by atoms with van der Waals surface area (Å²) in [7, 11) is -3.68. The molecule has 0 aromatic heterocycles. The highest BCUT2D eigenvalue weighted by Gasteiger charge is 2.32. The molecule has 0 spiro atoms. The van der Waals surface area contributed by atoms with Gasteiger partial charge in [0.25, 0.3) is 15.9 Å². The van der Waals surface area contributed by atoms with Gasteiger partial charge in [0.15, 0.2) is 0 Å². The lowest BCUT2D eigenvalue weighted by Crippen LogP contribution is -2.45. The minimum atomic E-state index is -3.68. The zero-order valence-electron chi connectivity index (χ0n) is 17.5. The summed E-state index contributed by atoms with van der Waals surface area (Å²) in [5.74, 6) is -0.108. The largest absolute Gasteiger partial charge is 0.349 e. The van der Waals surface area contributed by atoms with Crippen molar-refractivity contribution in [1.82, 2.24) is 10.2 Å². The third kappa shape index (κ3) is 4.84. The molecule has 1 saturated carbocycles. The lowest BCUT2D eigenvalue weighted by atomic mass is 10.0. The molecule has 0 radical (unpaired) electrons. The van der Waals surface area contributed by atoms with E-state index in [1.54, 1.807) is 43.3 Å². The normalized spacial score (nSPS) is 18.2. The Kier molecular flexibility index (Phi) is 5.84. The summed E-state index contributed by atoms with van der Waals surface area (Å²) in [6.45, 7) is 5.74. The number of carbonyl (C=O) groups is 1. The highest BCUT2D eigenvalue weighted by atomic mass is 32.2. The summed E-state index contributed by atoms with van der Waals surface area (Å²) in [5.41, 5.74) is 2.55. The zero-order chi connectivity index (χ0) is 21.3. The minimum Gasteiger partial charge on any atom is -0.349 e. The van der Waals surface area contributed by atoms with Gasteiger partial charge < -0.3 is 10.2 Å². The Labute approximate surface area is 178 Å². The summed E-state index contributed by atoms with van der Waals surface area (Å²) in [4.78, 5) is 15.4. The van der Waals surface area contributed by atoms with Gasteiger partial charge in [-0.05, 0) is 81.0 Å². The number of sulfonamides is 1. The number of carbonyl (C=O) groups excluding carboxylic acids is 1. The maximum atomic E-state index is 12.7. The number of aryl methyl sites for hydroxylation is 2. The monoisotopic (exact) mass is 427 g/mol. The van der Waals surface area contributed by atoms with Gasteiger partial charge in [-0.3, -0.25) is 9.52 Å². The van der Waals surface area contributed by atoms with Crippen LogP contribution in [0.25, 0.3) is 0 Å². The molecule has 7 heteroatoms. The zero-order valence-corrected chi connectivity index (χ0v) is 18.3. The number of nitrogens with zero attached hydrogens (tertiary/aromatic N) is 1. The number of amides is 1. The third-order valence-corrected chi connectivity index (χ3v) is 7.48. The van der Waals surface area contributed by atoms with Crippen LogP contribution in [0.15, 0.2) is 47.4 Å². The van der Waals surface area contributed by atoms with E-state index < -0.39 is 10.0 Å². The molecule has 2 N–H and O–H groups in total. The Morgan fingerprint density at radius 3 is 2.27 bits per heavy atom. The number of nitrogens with one attached hydrogen (secondary N) is 2. The summed E-state index contributed by atoms with van der Waals surface area (Å²) in [6, 6.07) is 12.9. The molecule has 1 amide bonds. The summed E-state index contributed by atoms with van der Waals surface area (Å²) in [6.07, 6.45) is 4.60. The van der Waals surface area contributed by atoms with Crippen molar-refractivity contribution in [2.45, 2.75) is 56.5 Å². The first-order valence-electron chi connectivity index (χ1n) is 10.6. The second kappa shape index (κ2) is 8.40. The third-order valence-electron chi connectivity index (χ3n) is 5.96. The van der Waals surface area contributed by atoms with Crippen LogP contribution >= 0.6 is 0 Å². The first kappa shape index (κ1) is 20.9. The van der Waals surface area contributed by atoms with Gasteiger partial charge in [0, 0.05) is 36.4 Å². The Morgan fingerprint density at radius 2 is 1.63 bits per heavy atom. The summed E-state index contributed by atoms with van der Waals surface area (Å²) >= 11 is 0. The van der Waals surface area contributed by atoms with Gasteiger partial charge >= 0.3 is 0 Å². The van der Waals surface area contributed by atoms with Crippen LogP contribution in [0.5, 0.6) is 0 Å². The van der Waals surface area contributed by atoms with E-state index in [0.29, 0.717) is 16.8 Å². The molecule has 1 aliphatic carbocycles. The highest BCUT2D eigenvalue weighted by molar-refractivity contribution is 7.92. The number of hydrogen-bond acceptors (Lipinski definition) is 4. The molecule has 4 rings (SSSR count). The van der Waals surface area contributed by atoms with Crippen molar-refractivity contribution in [2.75, 3.05) is 17.8 Å². The van der Waals surface area contributed by atoms with E-state index in [9.17, 15) is 13.2 Å². The Balaban J connectivity index is 1.36. The Morgan fingerprint density at radius 1 is 0.967 bits per heavy atom. The van der Waals surface area contributed by atoms with Crippen LogP contribution in [0.2, 0.25) is 0 Å². The molecule has 2 aliphatic rings. The van der Waals surface area contributed by atoms with Crippen molar-refractivity contribution in [3.8, 4) is 0 Å². The number of piperidine rings is 1. The fraction of sp³-hybridized carbons (Fsp3) is 0.435. The van der Waals surface area contributed by atoms with Gasteiger partial charge in [-0.25, -0.2) is 8.42 Å². The molecule has 160 valence electrons. The summed E-state index contributed by atoms with van der Waals surface area (Å²) in [5, 5.41) is 3.12. The molecule has 1 heterocycles. The Bertz CT molecular complexity index is 1020. The molecule has 0 bridgehead atoms. The Hall–Kier alpha value is -2.38. The van der Waals surface area contributed by atoms with Gasteiger partial charge in [-0.15, -0.1) is 0 Å². The second-order valence-corrected chi connectivity index (χ2v) is 10.1. The van der Waals surface area contributed by atoms with Gasteiger partial charge in [-0.2, -0.15) is 0 Å². The topological polar surface area (TPSA) is 78.5 Å². The van der Waals surface area contributed by atoms with Crippen molar-refractivity contribution in [1.29, 1.82) is 0 Å². The van der Waals surface area contributed by atoms with Gasteiger partial charge in [0.05, 0.1) is 4.90 Å². The van der Waals surface area contributed by atoms with Crippen molar-refractivity contribution in [3.05, 3.63) is 59.2 Å². The number of hydrogen-bond donors (Lipinski definition) is 2. The van der Waals surface area contributed by atoms with Crippen LogP contribution in [0.4, 0.5) is 5.69 Å². The standard InChI is InChI=1S/C23H29N3O3S/c1-16-3-4-17(2)22(15-16)30(28,29)25-20-7-5-18(6-8-20)23(27)24-19-11-13-26(14-12-19)21-9-10-21/h3-8,15,19,21,25H,9-14H2,1-2H3,(H,24,27). The van der Waals surface area contributed by atoms with Crippen molar-refractivity contribution < 1.29 is 13.2 Å². The van der Waals surface area contributed by atoms with Crippen LogP contribution in [0.3, 0.4) is 0 Å². The fourth-order valence-corrected chi connectivity index (χ4v) is 5.40. The predicted octanol–water partition coefficient (Wildman–Crippen LogP) is 3.46. The second-order valence-electron chi connectivity index (χ2n) is 8.47. The van der Waals surface area contributed by atoms with E-state index in [1.165, 1.54) is 12.8 Å². The molecule has 2 aromatic carbocycles. The molecule has 2 aromatic rings. The van der Waals surface area contributed by atoms with Crippen LogP contribution in [0, 0.1) is 13.8 Å². The first-order chi connectivity index (χ1) is 14.3. The molecule has 1 saturated heterocycles. The summed E-state index contributed by atoms with van der Waals surface area (Å²) < 4.78 is 28.1. The van der Waals surface area contributed by atoms with Crippen LogP contribution in [-0.2, 0) is 10.0 Å². The van der Waals surface area contributed by atoms with Crippen LogP contribution < -0.4 is 10.0 Å². The average molecular weight is 428 g/mol. The number of anilines is 1. The fourth-order valence-electron chi connectivity index (χ4n) is 4.01. The first-order valence-corrected chi connectivity index (χ1v) is 12.1.